The molecular formula is C19H25Cl2N3O2. The summed E-state index contributed by atoms with van der Waals surface area (Å²) in [6.07, 6.45) is 1.65. The number of amides is 1. The predicted molar refractivity (Wildman–Crippen MR) is 105 cm³/mol. The van der Waals surface area contributed by atoms with Gasteiger partial charge in [-0.25, -0.2) is 0 Å². The number of carbonyl (C=O) groups excluding carboxylic acids is 1. The van der Waals surface area contributed by atoms with E-state index in [9.17, 15) is 4.79 Å². The van der Waals surface area contributed by atoms with E-state index in [-0.39, 0.29) is 5.91 Å². The minimum absolute atomic E-state index is 0.180. The lowest BCUT2D eigenvalue weighted by Crippen LogP contribution is -2.25. The molecule has 5 nitrogen and oxygen atoms in total. The average Bonchev–Trinajstić information content (AvgIpc) is 2.85. The van der Waals surface area contributed by atoms with Crippen molar-refractivity contribution in [2.45, 2.75) is 40.2 Å². The number of nitrogens with one attached hydrogen (secondary N) is 1. The largest absolute Gasteiger partial charge is 0.494 e. The van der Waals surface area contributed by atoms with E-state index < -0.39 is 0 Å². The van der Waals surface area contributed by atoms with E-state index in [4.69, 9.17) is 27.9 Å². The van der Waals surface area contributed by atoms with Gasteiger partial charge in [-0.3, -0.25) is 9.48 Å². The van der Waals surface area contributed by atoms with Gasteiger partial charge in [0.2, 0.25) is 0 Å². The molecule has 1 heterocycles. The summed E-state index contributed by atoms with van der Waals surface area (Å²) in [5, 5.41) is 8.36. The van der Waals surface area contributed by atoms with Crippen LogP contribution in [0, 0.1) is 12.8 Å². The first kappa shape index (κ1) is 20.6. The molecule has 0 radical (unpaired) electrons. The van der Waals surface area contributed by atoms with Crippen molar-refractivity contribution in [2.75, 3.05) is 13.2 Å². The Bertz CT molecular complexity index is 727. The quantitative estimate of drug-likeness (QED) is 0.621. The first-order valence-corrected chi connectivity index (χ1v) is 9.53. The third kappa shape index (κ3) is 5.92. The van der Waals surface area contributed by atoms with Gasteiger partial charge in [-0.2, -0.15) is 5.10 Å². The summed E-state index contributed by atoms with van der Waals surface area (Å²) in [5.74, 6) is 1.02. The second kappa shape index (κ2) is 9.83. The molecule has 1 amide bonds. The van der Waals surface area contributed by atoms with Crippen molar-refractivity contribution in [1.29, 1.82) is 0 Å². The number of benzene rings is 1. The van der Waals surface area contributed by atoms with Gasteiger partial charge in [-0.1, -0.05) is 37.0 Å². The SMILES string of the molecule is Cc1nn(CC(C)C)c(Cl)c1C(=O)NCCCCOc1ccc(Cl)cc1. The van der Waals surface area contributed by atoms with Gasteiger partial charge >= 0.3 is 0 Å². The molecular weight excluding hydrogens is 373 g/mol. The topological polar surface area (TPSA) is 56.2 Å². The van der Waals surface area contributed by atoms with E-state index in [2.05, 4.69) is 24.3 Å². The first-order valence-electron chi connectivity index (χ1n) is 8.78. The lowest BCUT2D eigenvalue weighted by molar-refractivity contribution is 0.0951. The molecule has 0 unspecified atom stereocenters. The number of unbranched alkanes of at least 4 members (excludes halogenated alkanes) is 1. The Morgan fingerprint density at radius 1 is 1.23 bits per heavy atom. The predicted octanol–water partition coefficient (Wildman–Crippen LogP) is 4.74. The molecule has 26 heavy (non-hydrogen) atoms. The van der Waals surface area contributed by atoms with Crippen LogP contribution < -0.4 is 10.1 Å². The summed E-state index contributed by atoms with van der Waals surface area (Å²) in [6.45, 7) is 7.81. The normalized spacial score (nSPS) is 11.0. The number of halogens is 2. The van der Waals surface area contributed by atoms with Crippen molar-refractivity contribution in [3.05, 3.63) is 45.7 Å². The molecule has 1 aromatic heterocycles. The van der Waals surface area contributed by atoms with Crippen LogP contribution in [0.4, 0.5) is 0 Å². The number of ether oxygens (including phenoxy) is 1. The van der Waals surface area contributed by atoms with Gasteiger partial charge in [0, 0.05) is 18.1 Å². The van der Waals surface area contributed by atoms with Gasteiger partial charge in [0.05, 0.1) is 17.9 Å². The highest BCUT2D eigenvalue weighted by Gasteiger charge is 2.20. The molecule has 0 aliphatic carbocycles. The second-order valence-electron chi connectivity index (χ2n) is 6.59. The minimum atomic E-state index is -0.180. The van der Waals surface area contributed by atoms with Crippen LogP contribution in [0.25, 0.3) is 0 Å². The fraction of sp³-hybridized carbons (Fsp3) is 0.474. The number of aromatic nitrogens is 2. The summed E-state index contributed by atoms with van der Waals surface area (Å²) < 4.78 is 7.32. The van der Waals surface area contributed by atoms with Crippen LogP contribution in [0.15, 0.2) is 24.3 Å². The van der Waals surface area contributed by atoms with E-state index in [0.717, 1.165) is 18.6 Å². The summed E-state index contributed by atoms with van der Waals surface area (Å²) in [5.41, 5.74) is 1.11. The zero-order chi connectivity index (χ0) is 19.1. The molecule has 2 aromatic rings. The Morgan fingerprint density at radius 3 is 2.58 bits per heavy atom. The van der Waals surface area contributed by atoms with Crippen LogP contribution >= 0.6 is 23.2 Å². The fourth-order valence-electron chi connectivity index (χ4n) is 2.52. The van der Waals surface area contributed by atoms with Gasteiger partial charge in [0.15, 0.2) is 0 Å². The summed E-state index contributed by atoms with van der Waals surface area (Å²) in [4.78, 5) is 12.4. The first-order chi connectivity index (χ1) is 12.4. The van der Waals surface area contributed by atoms with Crippen LogP contribution in [-0.2, 0) is 6.54 Å². The van der Waals surface area contributed by atoms with E-state index in [1.54, 1.807) is 23.7 Å². The molecule has 7 heteroatoms. The fourth-order valence-corrected chi connectivity index (χ4v) is 2.97. The maximum atomic E-state index is 12.4. The highest BCUT2D eigenvalue weighted by Crippen LogP contribution is 2.21. The van der Waals surface area contributed by atoms with E-state index >= 15 is 0 Å². The van der Waals surface area contributed by atoms with Gasteiger partial charge in [0.25, 0.3) is 5.91 Å². The number of aryl methyl sites for hydroxylation is 1. The Labute approximate surface area is 164 Å². The van der Waals surface area contributed by atoms with Crippen molar-refractivity contribution >= 4 is 29.1 Å². The standard InChI is InChI=1S/C19H25Cl2N3O2/c1-13(2)12-24-18(21)17(14(3)23-24)19(25)22-10-4-5-11-26-16-8-6-15(20)7-9-16/h6-9,13H,4-5,10-12H2,1-3H3,(H,22,25). The Hall–Kier alpha value is -1.72. The summed E-state index contributed by atoms with van der Waals surface area (Å²) in [7, 11) is 0. The third-order valence-corrected chi connectivity index (χ3v) is 4.41. The van der Waals surface area contributed by atoms with Crippen molar-refractivity contribution in [1.82, 2.24) is 15.1 Å². The molecule has 0 fully saturated rings. The molecule has 0 aliphatic heterocycles. The van der Waals surface area contributed by atoms with Gasteiger partial charge in [0.1, 0.15) is 10.9 Å². The van der Waals surface area contributed by atoms with Crippen molar-refractivity contribution in [2.24, 2.45) is 5.92 Å². The van der Waals surface area contributed by atoms with Crippen LogP contribution in [0.1, 0.15) is 42.7 Å². The van der Waals surface area contributed by atoms with Crippen molar-refractivity contribution in [3.63, 3.8) is 0 Å². The molecule has 1 aromatic carbocycles. The van der Waals surface area contributed by atoms with E-state index in [0.29, 0.717) is 47.0 Å². The molecule has 0 bridgehead atoms. The number of rotatable bonds is 9. The van der Waals surface area contributed by atoms with Gasteiger partial charge in [-0.05, 0) is 49.9 Å². The van der Waals surface area contributed by atoms with Gasteiger partial charge < -0.3 is 10.1 Å². The summed E-state index contributed by atoms with van der Waals surface area (Å²) >= 11 is 12.2. The van der Waals surface area contributed by atoms with Crippen molar-refractivity contribution < 1.29 is 9.53 Å². The zero-order valence-electron chi connectivity index (χ0n) is 15.4. The monoisotopic (exact) mass is 397 g/mol. The molecule has 0 atom stereocenters. The van der Waals surface area contributed by atoms with Crippen LogP contribution in [0.3, 0.4) is 0 Å². The molecule has 0 saturated heterocycles. The highest BCUT2D eigenvalue weighted by molar-refractivity contribution is 6.33. The number of carbonyl (C=O) groups is 1. The maximum Gasteiger partial charge on any atom is 0.256 e. The molecule has 2 rings (SSSR count). The second-order valence-corrected chi connectivity index (χ2v) is 7.39. The van der Waals surface area contributed by atoms with Crippen molar-refractivity contribution in [3.8, 4) is 5.75 Å². The minimum Gasteiger partial charge on any atom is -0.494 e. The number of hydrogen-bond donors (Lipinski definition) is 1. The van der Waals surface area contributed by atoms with E-state index in [1.807, 2.05) is 12.1 Å². The molecule has 1 N–H and O–H groups in total. The highest BCUT2D eigenvalue weighted by atomic mass is 35.5. The molecule has 0 aliphatic rings. The maximum absolute atomic E-state index is 12.4. The Morgan fingerprint density at radius 2 is 1.92 bits per heavy atom. The smallest absolute Gasteiger partial charge is 0.256 e. The Kier molecular flexibility index (Phi) is 7.79. The van der Waals surface area contributed by atoms with E-state index in [1.165, 1.54) is 0 Å². The third-order valence-electron chi connectivity index (χ3n) is 3.77. The van der Waals surface area contributed by atoms with Gasteiger partial charge in [-0.15, -0.1) is 0 Å². The lowest BCUT2D eigenvalue weighted by Gasteiger charge is -2.08. The summed E-state index contributed by atoms with van der Waals surface area (Å²) in [6, 6.07) is 7.26. The molecule has 0 saturated carbocycles. The Balaban J connectivity index is 1.73. The number of hydrogen-bond acceptors (Lipinski definition) is 3. The van der Waals surface area contributed by atoms with Crippen LogP contribution in [-0.4, -0.2) is 28.8 Å². The van der Waals surface area contributed by atoms with Crippen LogP contribution in [0.5, 0.6) is 5.75 Å². The molecule has 0 spiro atoms. The lowest BCUT2D eigenvalue weighted by atomic mass is 10.2. The zero-order valence-corrected chi connectivity index (χ0v) is 16.9. The average molecular weight is 398 g/mol. The number of nitrogens with zero attached hydrogens (tertiary/aromatic N) is 2. The molecule has 142 valence electrons. The van der Waals surface area contributed by atoms with Crippen LogP contribution in [0.2, 0.25) is 10.2 Å².